The van der Waals surface area contributed by atoms with Crippen LogP contribution in [0.2, 0.25) is 0 Å². The van der Waals surface area contributed by atoms with Crippen LogP contribution in [0.25, 0.3) is 0 Å². The maximum Gasteiger partial charge on any atom is 0.167 e. The Hall–Kier alpha value is -1.83. The number of hydrogen-bond acceptors (Lipinski definition) is 1. The first kappa shape index (κ1) is 11.3. The van der Waals surface area contributed by atoms with Crippen LogP contribution in [0.4, 0.5) is 0 Å². The Kier molecular flexibility index (Phi) is 2.78. The second-order valence-corrected chi connectivity index (χ2v) is 5.20. The molecule has 0 aliphatic heterocycles. The van der Waals surface area contributed by atoms with E-state index in [1.165, 1.54) is 11.1 Å². The first-order valence-corrected chi connectivity index (χ1v) is 6.48. The number of ketones is 1. The lowest BCUT2D eigenvalue weighted by molar-refractivity contribution is 0.0967. The highest BCUT2D eigenvalue weighted by Gasteiger charge is 2.30. The van der Waals surface area contributed by atoms with Crippen LogP contribution in [-0.4, -0.2) is 10.4 Å². The minimum atomic E-state index is 0.306. The van der Waals surface area contributed by atoms with Crippen LogP contribution in [0.1, 0.15) is 34.3 Å². The molecular weight excluding hydrogens is 222 g/mol. The molecule has 2 heteroatoms. The molecule has 0 N–H and O–H groups in total. The van der Waals surface area contributed by atoms with E-state index in [-0.39, 0.29) is 0 Å². The van der Waals surface area contributed by atoms with E-state index in [1.807, 2.05) is 18.5 Å². The average Bonchev–Trinajstić information content (AvgIpc) is 3.12. The van der Waals surface area contributed by atoms with Gasteiger partial charge in [0.2, 0.25) is 0 Å². The third-order valence-corrected chi connectivity index (χ3v) is 3.47. The van der Waals surface area contributed by atoms with Gasteiger partial charge in [0.25, 0.3) is 0 Å². The van der Waals surface area contributed by atoms with Gasteiger partial charge in [0.15, 0.2) is 5.78 Å². The molecular formula is C16H17NO. The van der Waals surface area contributed by atoms with Crippen molar-refractivity contribution >= 4 is 5.78 Å². The van der Waals surface area contributed by atoms with Gasteiger partial charge < -0.3 is 4.57 Å². The number of Topliss-reactive ketones (excluding diaryl/α,β-unsaturated/α-hetero) is 1. The Morgan fingerprint density at radius 2 is 1.94 bits per heavy atom. The molecule has 0 radical (unpaired) electrons. The summed E-state index contributed by atoms with van der Waals surface area (Å²) in [5.41, 5.74) is 3.40. The molecule has 2 aromatic rings. The highest BCUT2D eigenvalue weighted by molar-refractivity contribution is 5.99. The Bertz CT molecular complexity index is 561. The van der Waals surface area contributed by atoms with E-state index in [4.69, 9.17) is 0 Å². The van der Waals surface area contributed by atoms with Gasteiger partial charge in [-0.05, 0) is 31.4 Å². The van der Waals surface area contributed by atoms with Gasteiger partial charge in [-0.3, -0.25) is 4.79 Å². The lowest BCUT2D eigenvalue weighted by atomic mass is 10.1. The van der Waals surface area contributed by atoms with E-state index in [1.54, 1.807) is 0 Å². The number of aryl methyl sites for hydroxylation is 1. The summed E-state index contributed by atoms with van der Waals surface area (Å²) in [6.07, 6.45) is 6.11. The molecule has 3 rings (SSSR count). The summed E-state index contributed by atoms with van der Waals surface area (Å²) >= 11 is 0. The molecule has 92 valence electrons. The van der Waals surface area contributed by atoms with Gasteiger partial charge in [-0.15, -0.1) is 0 Å². The van der Waals surface area contributed by atoms with Crippen molar-refractivity contribution in [3.8, 4) is 0 Å². The van der Waals surface area contributed by atoms with Crippen LogP contribution in [0, 0.1) is 12.8 Å². The Balaban J connectivity index is 1.73. The fraction of sp³-hybridized carbons (Fsp3) is 0.312. The lowest BCUT2D eigenvalue weighted by Crippen LogP contribution is -2.00. The molecule has 0 saturated heterocycles. The number of aromatic nitrogens is 1. The SMILES string of the molecule is Cc1ccc(Cn2ccc(C(=O)C3CC3)c2)cc1. The predicted molar refractivity (Wildman–Crippen MR) is 71.8 cm³/mol. The van der Waals surface area contributed by atoms with Gasteiger partial charge >= 0.3 is 0 Å². The summed E-state index contributed by atoms with van der Waals surface area (Å²) in [6, 6.07) is 10.5. The topological polar surface area (TPSA) is 22.0 Å². The van der Waals surface area contributed by atoms with Crippen LogP contribution >= 0.6 is 0 Å². The maximum absolute atomic E-state index is 11.9. The number of benzene rings is 1. The van der Waals surface area contributed by atoms with E-state index < -0.39 is 0 Å². The van der Waals surface area contributed by atoms with Gasteiger partial charge in [0.05, 0.1) is 0 Å². The molecule has 18 heavy (non-hydrogen) atoms. The van der Waals surface area contributed by atoms with Crippen molar-refractivity contribution in [2.24, 2.45) is 5.92 Å². The maximum atomic E-state index is 11.9. The Labute approximate surface area is 107 Å². The van der Waals surface area contributed by atoms with Gasteiger partial charge in [-0.25, -0.2) is 0 Å². The zero-order valence-electron chi connectivity index (χ0n) is 10.6. The third-order valence-electron chi connectivity index (χ3n) is 3.47. The van der Waals surface area contributed by atoms with E-state index in [9.17, 15) is 4.79 Å². The summed E-state index contributed by atoms with van der Waals surface area (Å²) in [5, 5.41) is 0. The molecule has 0 amide bonds. The molecule has 0 spiro atoms. The second-order valence-electron chi connectivity index (χ2n) is 5.20. The molecule has 1 aromatic heterocycles. The van der Waals surface area contributed by atoms with Crippen LogP contribution < -0.4 is 0 Å². The molecule has 2 nitrogen and oxygen atoms in total. The monoisotopic (exact) mass is 239 g/mol. The van der Waals surface area contributed by atoms with Gasteiger partial charge in [-0.2, -0.15) is 0 Å². The Morgan fingerprint density at radius 1 is 1.22 bits per heavy atom. The smallest absolute Gasteiger partial charge is 0.167 e. The van der Waals surface area contributed by atoms with Gasteiger partial charge in [0, 0.05) is 30.4 Å². The summed E-state index contributed by atoms with van der Waals surface area (Å²) < 4.78 is 2.08. The van der Waals surface area contributed by atoms with Gasteiger partial charge in [0.1, 0.15) is 0 Å². The van der Waals surface area contributed by atoms with E-state index in [0.717, 1.165) is 24.9 Å². The second kappa shape index (κ2) is 4.45. The highest BCUT2D eigenvalue weighted by atomic mass is 16.1. The van der Waals surface area contributed by atoms with Crippen LogP contribution in [0.15, 0.2) is 42.7 Å². The predicted octanol–water partition coefficient (Wildman–Crippen LogP) is 3.44. The zero-order valence-corrected chi connectivity index (χ0v) is 10.6. The molecule has 1 aliphatic carbocycles. The number of rotatable bonds is 4. The lowest BCUT2D eigenvalue weighted by Gasteiger charge is -2.03. The minimum absolute atomic E-state index is 0.306. The van der Waals surface area contributed by atoms with Crippen molar-refractivity contribution in [3.63, 3.8) is 0 Å². The summed E-state index contributed by atoms with van der Waals surface area (Å²) in [6.45, 7) is 2.92. The fourth-order valence-corrected chi connectivity index (χ4v) is 2.17. The van der Waals surface area contributed by atoms with Crippen molar-refractivity contribution in [3.05, 3.63) is 59.4 Å². The zero-order chi connectivity index (χ0) is 12.5. The van der Waals surface area contributed by atoms with E-state index in [0.29, 0.717) is 11.7 Å². The Morgan fingerprint density at radius 3 is 2.61 bits per heavy atom. The normalized spacial score (nSPS) is 14.7. The number of carbonyl (C=O) groups is 1. The molecule has 1 aromatic carbocycles. The average molecular weight is 239 g/mol. The van der Waals surface area contributed by atoms with Crippen molar-refractivity contribution in [2.75, 3.05) is 0 Å². The van der Waals surface area contributed by atoms with Crippen molar-refractivity contribution in [1.29, 1.82) is 0 Å². The molecule has 1 aliphatic rings. The van der Waals surface area contributed by atoms with E-state index in [2.05, 4.69) is 35.8 Å². The van der Waals surface area contributed by atoms with Crippen molar-refractivity contribution in [2.45, 2.75) is 26.3 Å². The number of hydrogen-bond donors (Lipinski definition) is 0. The fourth-order valence-electron chi connectivity index (χ4n) is 2.17. The molecule has 1 heterocycles. The van der Waals surface area contributed by atoms with Crippen LogP contribution in [0.3, 0.4) is 0 Å². The van der Waals surface area contributed by atoms with Crippen LogP contribution in [0.5, 0.6) is 0 Å². The largest absolute Gasteiger partial charge is 0.349 e. The van der Waals surface area contributed by atoms with E-state index >= 15 is 0 Å². The summed E-state index contributed by atoms with van der Waals surface area (Å²) in [4.78, 5) is 11.9. The molecule has 1 saturated carbocycles. The number of carbonyl (C=O) groups excluding carboxylic acids is 1. The first-order valence-electron chi connectivity index (χ1n) is 6.48. The standard InChI is InChI=1S/C16H17NO/c1-12-2-4-13(5-3-12)10-17-9-8-15(11-17)16(18)14-6-7-14/h2-5,8-9,11,14H,6-7,10H2,1H3. The van der Waals surface area contributed by atoms with Crippen molar-refractivity contribution < 1.29 is 4.79 Å². The highest BCUT2D eigenvalue weighted by Crippen LogP contribution is 2.32. The minimum Gasteiger partial charge on any atom is -0.349 e. The van der Waals surface area contributed by atoms with Crippen molar-refractivity contribution in [1.82, 2.24) is 4.57 Å². The molecule has 1 fully saturated rings. The molecule has 0 unspecified atom stereocenters. The van der Waals surface area contributed by atoms with Gasteiger partial charge in [-0.1, -0.05) is 29.8 Å². The summed E-state index contributed by atoms with van der Waals surface area (Å²) in [5.74, 6) is 0.623. The van der Waals surface area contributed by atoms with Crippen LogP contribution in [-0.2, 0) is 6.54 Å². The molecule has 0 bridgehead atoms. The first-order chi connectivity index (χ1) is 8.72. The quantitative estimate of drug-likeness (QED) is 0.749. The molecule has 0 atom stereocenters. The third kappa shape index (κ3) is 2.37. The summed E-state index contributed by atoms with van der Waals surface area (Å²) in [7, 11) is 0. The number of nitrogens with zero attached hydrogens (tertiary/aromatic N) is 1.